The molecule has 22 heavy (non-hydrogen) atoms. The smallest absolute Gasteiger partial charge is 0.263 e. The van der Waals surface area contributed by atoms with Gasteiger partial charge in [-0.1, -0.05) is 29.8 Å². The molecule has 2 N–H and O–H groups in total. The lowest BCUT2D eigenvalue weighted by atomic mass is 10.0. The van der Waals surface area contributed by atoms with Gasteiger partial charge >= 0.3 is 0 Å². The summed E-state index contributed by atoms with van der Waals surface area (Å²) < 4.78 is 11.3. The van der Waals surface area contributed by atoms with Crippen LogP contribution in [0.4, 0.5) is 5.69 Å². The van der Waals surface area contributed by atoms with Crippen molar-refractivity contribution in [3.63, 3.8) is 0 Å². The Labute approximate surface area is 127 Å². The van der Waals surface area contributed by atoms with Crippen molar-refractivity contribution < 1.29 is 8.83 Å². The van der Waals surface area contributed by atoms with Crippen molar-refractivity contribution in [1.82, 2.24) is 4.98 Å². The second-order valence-electron chi connectivity index (χ2n) is 5.28. The average molecular weight is 290 g/mol. The van der Waals surface area contributed by atoms with Gasteiger partial charge in [0.1, 0.15) is 5.52 Å². The maximum atomic E-state index is 6.01. The molecular formula is C18H14N2O2. The van der Waals surface area contributed by atoms with Crippen LogP contribution in [0.1, 0.15) is 5.56 Å². The topological polar surface area (TPSA) is 65.2 Å². The van der Waals surface area contributed by atoms with Crippen molar-refractivity contribution in [2.75, 3.05) is 5.73 Å². The molecule has 4 aromatic rings. The fourth-order valence-corrected chi connectivity index (χ4v) is 2.51. The third-order valence-electron chi connectivity index (χ3n) is 3.61. The Balaban J connectivity index is 1.96. The number of nitrogens with zero attached hydrogens (tertiary/aromatic N) is 1. The largest absolute Gasteiger partial charge is 0.459 e. The summed E-state index contributed by atoms with van der Waals surface area (Å²) in [7, 11) is 0. The highest BCUT2D eigenvalue weighted by molar-refractivity contribution is 5.94. The Morgan fingerprint density at radius 2 is 1.86 bits per heavy atom. The molecule has 2 aromatic carbocycles. The van der Waals surface area contributed by atoms with Crippen molar-refractivity contribution in [1.29, 1.82) is 0 Å². The second-order valence-corrected chi connectivity index (χ2v) is 5.28. The lowest BCUT2D eigenvalue weighted by Gasteiger charge is -2.04. The summed E-state index contributed by atoms with van der Waals surface area (Å²) in [4.78, 5) is 4.48. The highest BCUT2D eigenvalue weighted by Crippen LogP contribution is 2.34. The van der Waals surface area contributed by atoms with Gasteiger partial charge in [-0.3, -0.25) is 0 Å². The number of hydrogen-bond acceptors (Lipinski definition) is 4. The van der Waals surface area contributed by atoms with Crippen LogP contribution in [-0.2, 0) is 0 Å². The van der Waals surface area contributed by atoms with Gasteiger partial charge in [-0.05, 0) is 36.8 Å². The molecular weight excluding hydrogens is 276 g/mol. The van der Waals surface area contributed by atoms with E-state index < -0.39 is 0 Å². The van der Waals surface area contributed by atoms with E-state index >= 15 is 0 Å². The van der Waals surface area contributed by atoms with E-state index in [0.29, 0.717) is 22.9 Å². The van der Waals surface area contributed by atoms with E-state index in [1.165, 1.54) is 5.56 Å². The average Bonchev–Trinajstić information content (AvgIpc) is 3.15. The lowest BCUT2D eigenvalue weighted by Crippen LogP contribution is -1.87. The van der Waals surface area contributed by atoms with Crippen LogP contribution in [0.25, 0.3) is 33.9 Å². The molecule has 0 spiro atoms. The van der Waals surface area contributed by atoms with Crippen LogP contribution in [0.15, 0.2) is 63.6 Å². The summed E-state index contributed by atoms with van der Waals surface area (Å²) in [5.41, 5.74) is 11.3. The quantitative estimate of drug-likeness (QED) is 0.546. The van der Waals surface area contributed by atoms with E-state index in [0.717, 1.165) is 16.6 Å². The van der Waals surface area contributed by atoms with Gasteiger partial charge in [0, 0.05) is 11.3 Å². The first kappa shape index (κ1) is 12.7. The highest BCUT2D eigenvalue weighted by Gasteiger charge is 2.15. The highest BCUT2D eigenvalue weighted by atomic mass is 16.4. The van der Waals surface area contributed by atoms with Gasteiger partial charge in [-0.2, -0.15) is 0 Å². The number of oxazole rings is 1. The first-order valence-electron chi connectivity index (χ1n) is 7.02. The number of aromatic nitrogens is 1. The molecule has 0 aliphatic carbocycles. The van der Waals surface area contributed by atoms with E-state index in [-0.39, 0.29) is 0 Å². The minimum Gasteiger partial charge on any atom is -0.459 e. The maximum absolute atomic E-state index is 6.01. The molecule has 4 heteroatoms. The van der Waals surface area contributed by atoms with Gasteiger partial charge in [-0.15, -0.1) is 0 Å². The van der Waals surface area contributed by atoms with Crippen LogP contribution in [0, 0.1) is 6.92 Å². The monoisotopic (exact) mass is 290 g/mol. The van der Waals surface area contributed by atoms with E-state index in [1.54, 1.807) is 12.3 Å². The lowest BCUT2D eigenvalue weighted by molar-refractivity contribution is 0.535. The summed E-state index contributed by atoms with van der Waals surface area (Å²) in [5.74, 6) is 1.06. The third kappa shape index (κ3) is 2.05. The van der Waals surface area contributed by atoms with Crippen molar-refractivity contribution in [2.24, 2.45) is 0 Å². The molecule has 0 amide bonds. The number of fused-ring (bicyclic) bond motifs is 1. The zero-order valence-corrected chi connectivity index (χ0v) is 12.0. The Bertz CT molecular complexity index is 935. The van der Waals surface area contributed by atoms with Crippen LogP contribution in [0.2, 0.25) is 0 Å². The summed E-state index contributed by atoms with van der Waals surface area (Å²) >= 11 is 0. The van der Waals surface area contributed by atoms with Crippen LogP contribution >= 0.6 is 0 Å². The molecule has 0 bridgehead atoms. The summed E-state index contributed by atoms with van der Waals surface area (Å²) in [6, 6.07) is 15.6. The molecule has 108 valence electrons. The number of aryl methyl sites for hydroxylation is 1. The number of benzene rings is 2. The molecule has 0 fully saturated rings. The van der Waals surface area contributed by atoms with Crippen LogP contribution < -0.4 is 5.73 Å². The van der Waals surface area contributed by atoms with E-state index in [9.17, 15) is 0 Å². The van der Waals surface area contributed by atoms with Crippen molar-refractivity contribution >= 4 is 16.8 Å². The second kappa shape index (κ2) is 4.77. The number of anilines is 1. The first-order valence-corrected chi connectivity index (χ1v) is 7.02. The number of furan rings is 1. The Morgan fingerprint density at radius 1 is 1.05 bits per heavy atom. The van der Waals surface area contributed by atoms with E-state index in [1.807, 2.05) is 18.2 Å². The SMILES string of the molecule is Cc1ccc(-c2cc(N)cc3nc(-c4ccco4)oc23)cc1. The number of nitrogens with two attached hydrogens (primary N) is 1. The van der Waals surface area contributed by atoms with Gasteiger partial charge in [0.2, 0.25) is 0 Å². The maximum Gasteiger partial charge on any atom is 0.263 e. The predicted molar refractivity (Wildman–Crippen MR) is 86.3 cm³/mol. The number of nitrogen functional groups attached to an aromatic ring is 1. The minimum absolute atomic E-state index is 0.457. The molecule has 0 saturated carbocycles. The van der Waals surface area contributed by atoms with Gasteiger partial charge in [0.25, 0.3) is 5.89 Å². The summed E-state index contributed by atoms with van der Waals surface area (Å²) in [5, 5.41) is 0. The van der Waals surface area contributed by atoms with E-state index in [2.05, 4.69) is 36.2 Å². The number of hydrogen-bond donors (Lipinski definition) is 1. The standard InChI is InChI=1S/C18H14N2O2/c1-11-4-6-12(7-5-11)14-9-13(19)10-15-17(14)22-18(20-15)16-3-2-8-21-16/h2-10H,19H2,1H3. The van der Waals surface area contributed by atoms with Gasteiger partial charge < -0.3 is 14.6 Å². The van der Waals surface area contributed by atoms with Crippen LogP contribution in [0.3, 0.4) is 0 Å². The summed E-state index contributed by atoms with van der Waals surface area (Å²) in [6.07, 6.45) is 1.60. The van der Waals surface area contributed by atoms with Gasteiger partial charge in [-0.25, -0.2) is 4.98 Å². The van der Waals surface area contributed by atoms with Crippen molar-refractivity contribution in [3.05, 3.63) is 60.4 Å². The van der Waals surface area contributed by atoms with Crippen LogP contribution in [-0.4, -0.2) is 4.98 Å². The molecule has 0 atom stereocenters. The molecule has 0 saturated heterocycles. The molecule has 0 unspecified atom stereocenters. The van der Waals surface area contributed by atoms with Gasteiger partial charge in [0.15, 0.2) is 11.3 Å². The molecule has 4 rings (SSSR count). The minimum atomic E-state index is 0.457. The van der Waals surface area contributed by atoms with Crippen molar-refractivity contribution in [3.8, 4) is 22.8 Å². The number of rotatable bonds is 2. The zero-order chi connectivity index (χ0) is 15.1. The third-order valence-corrected chi connectivity index (χ3v) is 3.61. The Morgan fingerprint density at radius 3 is 2.59 bits per heavy atom. The molecule has 4 nitrogen and oxygen atoms in total. The summed E-state index contributed by atoms with van der Waals surface area (Å²) in [6.45, 7) is 2.06. The Kier molecular flexibility index (Phi) is 2.76. The fourth-order valence-electron chi connectivity index (χ4n) is 2.51. The molecule has 2 heterocycles. The zero-order valence-electron chi connectivity index (χ0n) is 12.0. The van der Waals surface area contributed by atoms with Gasteiger partial charge in [0.05, 0.1) is 6.26 Å². The molecule has 0 aliphatic rings. The molecule has 0 aliphatic heterocycles. The first-order chi connectivity index (χ1) is 10.7. The Hall–Kier alpha value is -3.01. The molecule has 0 radical (unpaired) electrons. The fraction of sp³-hybridized carbons (Fsp3) is 0.0556. The van der Waals surface area contributed by atoms with Crippen LogP contribution in [0.5, 0.6) is 0 Å². The molecule has 2 aromatic heterocycles. The predicted octanol–water partition coefficient (Wildman–Crippen LogP) is 4.65. The van der Waals surface area contributed by atoms with E-state index in [4.69, 9.17) is 14.6 Å². The van der Waals surface area contributed by atoms with Crippen molar-refractivity contribution in [2.45, 2.75) is 6.92 Å². The normalized spacial score (nSPS) is 11.1.